The topological polar surface area (TPSA) is 72.3 Å². The summed E-state index contributed by atoms with van der Waals surface area (Å²) >= 11 is 12.0. The van der Waals surface area contributed by atoms with E-state index < -0.39 is 0 Å². The van der Waals surface area contributed by atoms with E-state index in [1.54, 1.807) is 47.5 Å². The Morgan fingerprint density at radius 1 is 1.16 bits per heavy atom. The van der Waals surface area contributed by atoms with Gasteiger partial charge in [0, 0.05) is 50.8 Å². The van der Waals surface area contributed by atoms with E-state index in [2.05, 4.69) is 20.3 Å². The Morgan fingerprint density at radius 2 is 2.00 bits per heavy atom. The monoisotopic (exact) mass is 459 g/mol. The number of nitrogens with one attached hydrogen (secondary N) is 1. The molecule has 3 aromatic rings. The molecule has 1 saturated heterocycles. The molecule has 31 heavy (non-hydrogen) atoms. The molecular weight excluding hydrogens is 437 g/mol. The fourth-order valence-electron chi connectivity index (χ4n) is 3.48. The number of hydrogen-bond acceptors (Lipinski definition) is 5. The molecule has 3 heterocycles. The number of rotatable bonds is 7. The van der Waals surface area contributed by atoms with Gasteiger partial charge in [-0.25, -0.2) is 9.67 Å². The van der Waals surface area contributed by atoms with E-state index in [0.29, 0.717) is 28.0 Å². The molecule has 7 nitrogen and oxygen atoms in total. The van der Waals surface area contributed by atoms with Crippen LogP contribution in [-0.4, -0.2) is 57.9 Å². The van der Waals surface area contributed by atoms with Crippen molar-refractivity contribution in [1.82, 2.24) is 25.0 Å². The Morgan fingerprint density at radius 3 is 2.68 bits per heavy atom. The number of hydrogen-bond donors (Lipinski definition) is 1. The normalized spacial score (nSPS) is 15.0. The Labute approximate surface area is 190 Å². The van der Waals surface area contributed by atoms with Crippen LogP contribution in [0.5, 0.6) is 5.75 Å². The third kappa shape index (κ3) is 5.76. The summed E-state index contributed by atoms with van der Waals surface area (Å²) in [4.78, 5) is 19.0. The van der Waals surface area contributed by atoms with Gasteiger partial charge in [0.2, 0.25) is 0 Å². The average molecular weight is 460 g/mol. The first-order valence-corrected chi connectivity index (χ1v) is 10.9. The number of carbonyl (C=O) groups is 1. The van der Waals surface area contributed by atoms with E-state index in [1.165, 1.54) is 0 Å². The van der Waals surface area contributed by atoms with Gasteiger partial charge in [0.1, 0.15) is 11.9 Å². The second-order valence-corrected chi connectivity index (χ2v) is 8.16. The van der Waals surface area contributed by atoms with Gasteiger partial charge in [0.25, 0.3) is 5.91 Å². The highest BCUT2D eigenvalue weighted by Gasteiger charge is 2.20. The van der Waals surface area contributed by atoms with Crippen molar-refractivity contribution >= 4 is 29.1 Å². The third-order valence-corrected chi connectivity index (χ3v) is 5.93. The average Bonchev–Trinajstić information content (AvgIpc) is 3.33. The van der Waals surface area contributed by atoms with Crippen molar-refractivity contribution in [3.05, 3.63) is 70.6 Å². The fourth-order valence-corrected chi connectivity index (χ4v) is 3.77. The smallest absolute Gasteiger partial charge is 0.252 e. The first-order chi connectivity index (χ1) is 15.1. The van der Waals surface area contributed by atoms with Crippen LogP contribution in [0.25, 0.3) is 5.82 Å². The van der Waals surface area contributed by atoms with Crippen molar-refractivity contribution < 1.29 is 9.53 Å². The number of pyridine rings is 1. The van der Waals surface area contributed by atoms with Crippen molar-refractivity contribution in [2.75, 3.05) is 26.2 Å². The highest BCUT2D eigenvalue weighted by Crippen LogP contribution is 2.28. The van der Waals surface area contributed by atoms with Gasteiger partial charge >= 0.3 is 0 Å². The Bertz CT molecular complexity index is 1000. The summed E-state index contributed by atoms with van der Waals surface area (Å²) in [6.45, 7) is 3.21. The zero-order valence-corrected chi connectivity index (χ0v) is 18.4. The predicted molar refractivity (Wildman–Crippen MR) is 120 cm³/mol. The largest absolute Gasteiger partial charge is 0.490 e. The maximum absolute atomic E-state index is 12.4. The molecule has 1 aliphatic rings. The first-order valence-electron chi connectivity index (χ1n) is 10.2. The van der Waals surface area contributed by atoms with Crippen molar-refractivity contribution in [3.8, 4) is 11.6 Å². The minimum absolute atomic E-state index is 0.127. The van der Waals surface area contributed by atoms with E-state index in [9.17, 15) is 4.79 Å². The number of carbonyl (C=O) groups excluding carboxylic acids is 1. The molecule has 0 aliphatic carbocycles. The highest BCUT2D eigenvalue weighted by molar-refractivity contribution is 6.42. The number of piperidine rings is 1. The molecule has 0 atom stereocenters. The maximum Gasteiger partial charge on any atom is 0.252 e. The van der Waals surface area contributed by atoms with Gasteiger partial charge in [0.05, 0.1) is 15.6 Å². The Hall–Kier alpha value is -2.61. The molecule has 0 bridgehead atoms. The second kappa shape index (κ2) is 10.1. The summed E-state index contributed by atoms with van der Waals surface area (Å²) in [5.41, 5.74) is 0.532. The zero-order chi connectivity index (χ0) is 21.6. The number of ether oxygens (including phenoxy) is 1. The number of aromatic nitrogens is 3. The molecular formula is C22H23Cl2N5O2. The first kappa shape index (κ1) is 21.6. The molecule has 1 fully saturated rings. The van der Waals surface area contributed by atoms with Crippen LogP contribution in [-0.2, 0) is 0 Å². The van der Waals surface area contributed by atoms with Gasteiger partial charge in [-0.3, -0.25) is 4.79 Å². The Kier molecular flexibility index (Phi) is 7.06. The number of benzene rings is 1. The number of halogens is 2. The summed E-state index contributed by atoms with van der Waals surface area (Å²) in [6.07, 6.45) is 7.06. The summed E-state index contributed by atoms with van der Waals surface area (Å²) in [6, 6.07) is 10.7. The fraction of sp³-hybridized carbons (Fsp3) is 0.318. The molecule has 1 aliphatic heterocycles. The van der Waals surface area contributed by atoms with Gasteiger partial charge in [0.15, 0.2) is 5.82 Å². The van der Waals surface area contributed by atoms with Crippen LogP contribution >= 0.6 is 23.2 Å². The van der Waals surface area contributed by atoms with Gasteiger partial charge in [-0.2, -0.15) is 5.10 Å². The van der Waals surface area contributed by atoms with Crippen LogP contribution in [0.1, 0.15) is 23.2 Å². The maximum atomic E-state index is 12.4. The van der Waals surface area contributed by atoms with Crippen LogP contribution < -0.4 is 10.1 Å². The third-order valence-electron chi connectivity index (χ3n) is 5.19. The van der Waals surface area contributed by atoms with Gasteiger partial charge in [-0.1, -0.05) is 23.2 Å². The highest BCUT2D eigenvalue weighted by atomic mass is 35.5. The van der Waals surface area contributed by atoms with Crippen molar-refractivity contribution in [2.24, 2.45) is 0 Å². The minimum atomic E-state index is -0.127. The molecule has 0 unspecified atom stereocenters. The van der Waals surface area contributed by atoms with E-state index in [-0.39, 0.29) is 12.0 Å². The molecule has 4 rings (SSSR count). The second-order valence-electron chi connectivity index (χ2n) is 7.35. The molecule has 1 N–H and O–H groups in total. The Balaban J connectivity index is 1.17. The van der Waals surface area contributed by atoms with E-state index in [0.717, 1.165) is 38.2 Å². The SMILES string of the molecule is O=C(NCCN1CCC(Oc2ccc(Cl)c(Cl)c2)CC1)c1ccc(-n2cccn2)nc1. The number of likely N-dealkylation sites (tertiary alicyclic amines) is 1. The molecule has 0 spiro atoms. The van der Waals surface area contributed by atoms with Crippen LogP contribution in [0.2, 0.25) is 10.0 Å². The van der Waals surface area contributed by atoms with Crippen molar-refractivity contribution in [2.45, 2.75) is 18.9 Å². The van der Waals surface area contributed by atoms with E-state index in [4.69, 9.17) is 27.9 Å². The van der Waals surface area contributed by atoms with Crippen molar-refractivity contribution in [3.63, 3.8) is 0 Å². The lowest BCUT2D eigenvalue weighted by atomic mass is 10.1. The summed E-state index contributed by atoms with van der Waals surface area (Å²) in [7, 11) is 0. The van der Waals surface area contributed by atoms with E-state index >= 15 is 0 Å². The van der Waals surface area contributed by atoms with Crippen LogP contribution in [0.4, 0.5) is 0 Å². The lowest BCUT2D eigenvalue weighted by Gasteiger charge is -2.32. The quantitative estimate of drug-likeness (QED) is 0.580. The number of nitrogens with zero attached hydrogens (tertiary/aromatic N) is 4. The minimum Gasteiger partial charge on any atom is -0.490 e. The molecule has 1 aromatic carbocycles. The van der Waals surface area contributed by atoms with Crippen LogP contribution in [0.15, 0.2) is 55.0 Å². The van der Waals surface area contributed by atoms with Crippen LogP contribution in [0, 0.1) is 0 Å². The summed E-state index contributed by atoms with van der Waals surface area (Å²) in [5, 5.41) is 8.11. The predicted octanol–water partition coefficient (Wildman–Crippen LogP) is 3.85. The summed E-state index contributed by atoms with van der Waals surface area (Å²) < 4.78 is 7.67. The molecule has 9 heteroatoms. The molecule has 2 aromatic heterocycles. The zero-order valence-electron chi connectivity index (χ0n) is 16.9. The van der Waals surface area contributed by atoms with E-state index in [1.807, 2.05) is 12.1 Å². The van der Waals surface area contributed by atoms with Gasteiger partial charge in [-0.05, 0) is 43.2 Å². The van der Waals surface area contributed by atoms with Gasteiger partial charge < -0.3 is 15.0 Å². The lowest BCUT2D eigenvalue weighted by molar-refractivity contribution is 0.0905. The van der Waals surface area contributed by atoms with Gasteiger partial charge in [-0.15, -0.1) is 0 Å². The molecule has 162 valence electrons. The summed E-state index contributed by atoms with van der Waals surface area (Å²) in [5.74, 6) is 1.29. The lowest BCUT2D eigenvalue weighted by Crippen LogP contribution is -2.42. The number of amides is 1. The molecule has 0 radical (unpaired) electrons. The standard InChI is InChI=1S/C22H23Cl2N5O2/c23-19-4-3-18(14-20(19)24)31-17-6-11-28(12-7-17)13-9-25-22(30)16-2-5-21(26-15-16)29-10-1-8-27-29/h1-5,8,10,14-15,17H,6-7,9,11-13H2,(H,25,30). The van der Waals surface area contributed by atoms with Crippen LogP contribution in [0.3, 0.4) is 0 Å². The molecule has 1 amide bonds. The van der Waals surface area contributed by atoms with Crippen molar-refractivity contribution in [1.29, 1.82) is 0 Å². The molecule has 0 saturated carbocycles.